The van der Waals surface area contributed by atoms with E-state index in [1.54, 1.807) is 0 Å². The molecule has 0 heterocycles. The van der Waals surface area contributed by atoms with Gasteiger partial charge in [-0.25, -0.2) is 0 Å². The summed E-state index contributed by atoms with van der Waals surface area (Å²) >= 11 is 0. The molecule has 2 nitrogen and oxygen atoms in total. The lowest BCUT2D eigenvalue weighted by Gasteiger charge is -2.20. The van der Waals surface area contributed by atoms with Crippen molar-refractivity contribution >= 4 is 5.78 Å². The average molecular weight is 166 g/mol. The fourth-order valence-electron chi connectivity index (χ4n) is 2.29. The summed E-state index contributed by atoms with van der Waals surface area (Å²) in [6.07, 6.45) is 2.80. The monoisotopic (exact) mass is 166 g/mol. The maximum atomic E-state index is 11.4. The van der Waals surface area contributed by atoms with Gasteiger partial charge < -0.3 is 5.11 Å². The molecule has 0 aliphatic heterocycles. The Labute approximate surface area is 72.3 Å². The van der Waals surface area contributed by atoms with Gasteiger partial charge in [0.05, 0.1) is 6.10 Å². The largest absolute Gasteiger partial charge is 0.393 e. The highest BCUT2D eigenvalue weighted by Crippen LogP contribution is 2.38. The first-order chi connectivity index (χ1) is 5.68. The second kappa shape index (κ2) is 2.70. The molecule has 0 bridgehead atoms. The van der Waals surface area contributed by atoms with Crippen LogP contribution in [0.2, 0.25) is 0 Å². The maximum Gasteiger partial charge on any atom is 0.159 e. The zero-order valence-electron chi connectivity index (χ0n) is 7.34. The van der Waals surface area contributed by atoms with Crippen molar-refractivity contribution < 1.29 is 9.90 Å². The molecule has 1 N–H and O–H groups in total. The smallest absolute Gasteiger partial charge is 0.159 e. The third kappa shape index (κ3) is 1.11. The number of hydrogen-bond acceptors (Lipinski definition) is 2. The van der Waals surface area contributed by atoms with E-state index in [1.165, 1.54) is 5.57 Å². The van der Waals surface area contributed by atoms with Gasteiger partial charge in [-0.2, -0.15) is 0 Å². The molecule has 2 aliphatic rings. The van der Waals surface area contributed by atoms with Crippen LogP contribution >= 0.6 is 0 Å². The minimum absolute atomic E-state index is 0.197. The molecule has 0 aromatic rings. The molecule has 0 radical (unpaired) electrons. The van der Waals surface area contributed by atoms with Crippen molar-refractivity contribution in [3.8, 4) is 0 Å². The van der Waals surface area contributed by atoms with Gasteiger partial charge in [-0.05, 0) is 30.8 Å². The van der Waals surface area contributed by atoms with Gasteiger partial charge in [0.25, 0.3) is 0 Å². The number of ketones is 1. The molecule has 0 fully saturated rings. The molecule has 2 atom stereocenters. The highest BCUT2D eigenvalue weighted by molar-refractivity contribution is 5.99. The summed E-state index contributed by atoms with van der Waals surface area (Å²) in [4.78, 5) is 11.4. The maximum absolute atomic E-state index is 11.4. The molecule has 12 heavy (non-hydrogen) atoms. The topological polar surface area (TPSA) is 37.3 Å². The second-order valence-corrected chi connectivity index (χ2v) is 3.93. The Balaban J connectivity index is 2.29. The van der Waals surface area contributed by atoms with Gasteiger partial charge in [0.15, 0.2) is 5.78 Å². The van der Waals surface area contributed by atoms with Crippen molar-refractivity contribution in [2.24, 2.45) is 5.92 Å². The minimum atomic E-state index is -0.197. The molecular weight excluding hydrogens is 152 g/mol. The van der Waals surface area contributed by atoms with E-state index in [4.69, 9.17) is 0 Å². The van der Waals surface area contributed by atoms with Crippen LogP contribution in [0.4, 0.5) is 0 Å². The van der Waals surface area contributed by atoms with Crippen molar-refractivity contribution in [3.05, 3.63) is 11.1 Å². The second-order valence-electron chi connectivity index (χ2n) is 3.93. The fraction of sp³-hybridized carbons (Fsp3) is 0.700. The van der Waals surface area contributed by atoms with Crippen molar-refractivity contribution in [1.82, 2.24) is 0 Å². The van der Waals surface area contributed by atoms with E-state index in [1.807, 2.05) is 0 Å². The van der Waals surface area contributed by atoms with Crippen molar-refractivity contribution in [3.63, 3.8) is 0 Å². The lowest BCUT2D eigenvalue weighted by Crippen LogP contribution is -2.15. The van der Waals surface area contributed by atoms with E-state index in [-0.39, 0.29) is 6.10 Å². The van der Waals surface area contributed by atoms with Crippen LogP contribution < -0.4 is 0 Å². The highest BCUT2D eigenvalue weighted by Gasteiger charge is 2.32. The SMILES string of the molecule is CC1CC(=O)C2=C1CC(O)CC2. The Morgan fingerprint density at radius 3 is 2.92 bits per heavy atom. The number of hydrogen-bond donors (Lipinski definition) is 1. The molecule has 66 valence electrons. The molecule has 2 heteroatoms. The summed E-state index contributed by atoms with van der Waals surface area (Å²) in [6.45, 7) is 2.08. The Hall–Kier alpha value is -0.630. The van der Waals surface area contributed by atoms with E-state index < -0.39 is 0 Å². The quantitative estimate of drug-likeness (QED) is 0.591. The van der Waals surface area contributed by atoms with Crippen LogP contribution in [0.15, 0.2) is 11.1 Å². The molecule has 2 unspecified atom stereocenters. The Morgan fingerprint density at radius 2 is 2.17 bits per heavy atom. The Morgan fingerprint density at radius 1 is 1.42 bits per heavy atom. The summed E-state index contributed by atoms with van der Waals surface area (Å²) in [5.41, 5.74) is 2.27. The predicted octanol–water partition coefficient (Wildman–Crippen LogP) is 1.44. The van der Waals surface area contributed by atoms with Crippen LogP contribution in [0.25, 0.3) is 0 Å². The molecule has 0 spiro atoms. The highest BCUT2D eigenvalue weighted by atomic mass is 16.3. The number of Topliss-reactive ketones (excluding diaryl/α,β-unsaturated/α-hetero) is 1. The number of rotatable bonds is 0. The lowest BCUT2D eigenvalue weighted by atomic mass is 9.88. The number of aliphatic hydroxyl groups excluding tert-OH is 1. The Kier molecular flexibility index (Phi) is 1.80. The normalized spacial score (nSPS) is 35.7. The summed E-state index contributed by atoms with van der Waals surface area (Å²) in [7, 11) is 0. The molecule has 2 aliphatic carbocycles. The van der Waals surface area contributed by atoms with Gasteiger partial charge in [0.1, 0.15) is 0 Å². The van der Waals surface area contributed by atoms with E-state index >= 15 is 0 Å². The minimum Gasteiger partial charge on any atom is -0.393 e. The first-order valence-electron chi connectivity index (χ1n) is 4.61. The van der Waals surface area contributed by atoms with Crippen LogP contribution in [0.1, 0.15) is 32.6 Å². The van der Waals surface area contributed by atoms with Crippen LogP contribution in [-0.4, -0.2) is 17.0 Å². The zero-order chi connectivity index (χ0) is 8.72. The standard InChI is InChI=1S/C10H14O2/c1-6-4-10(12)8-3-2-7(11)5-9(6)8/h6-7,11H,2-5H2,1H3. The summed E-state index contributed by atoms with van der Waals surface area (Å²) in [6, 6.07) is 0. The van der Waals surface area contributed by atoms with Crippen molar-refractivity contribution in [2.45, 2.75) is 38.7 Å². The number of allylic oxidation sites excluding steroid dienone is 1. The van der Waals surface area contributed by atoms with E-state index in [0.29, 0.717) is 18.1 Å². The number of carbonyl (C=O) groups excluding carboxylic acids is 1. The van der Waals surface area contributed by atoms with Crippen LogP contribution in [0.3, 0.4) is 0 Å². The van der Waals surface area contributed by atoms with Gasteiger partial charge in [0.2, 0.25) is 0 Å². The Bertz CT molecular complexity index is 253. The molecule has 0 saturated heterocycles. The van der Waals surface area contributed by atoms with Gasteiger partial charge >= 0.3 is 0 Å². The molecule has 2 rings (SSSR count). The molecule has 0 saturated carbocycles. The first-order valence-corrected chi connectivity index (χ1v) is 4.61. The van der Waals surface area contributed by atoms with Gasteiger partial charge in [0, 0.05) is 6.42 Å². The zero-order valence-corrected chi connectivity index (χ0v) is 7.34. The fourth-order valence-corrected chi connectivity index (χ4v) is 2.29. The number of carbonyl (C=O) groups is 1. The van der Waals surface area contributed by atoms with Crippen LogP contribution in [0.5, 0.6) is 0 Å². The van der Waals surface area contributed by atoms with Crippen LogP contribution in [0, 0.1) is 5.92 Å². The number of aliphatic hydroxyl groups is 1. The lowest BCUT2D eigenvalue weighted by molar-refractivity contribution is -0.115. The van der Waals surface area contributed by atoms with E-state index in [2.05, 4.69) is 6.92 Å². The van der Waals surface area contributed by atoms with Gasteiger partial charge in [-0.1, -0.05) is 12.5 Å². The molecule has 0 amide bonds. The summed E-state index contributed by atoms with van der Waals surface area (Å²) in [5, 5.41) is 9.41. The molecule has 0 aromatic carbocycles. The van der Waals surface area contributed by atoms with Crippen molar-refractivity contribution in [1.29, 1.82) is 0 Å². The first kappa shape index (κ1) is 7.99. The predicted molar refractivity (Wildman–Crippen MR) is 45.7 cm³/mol. The average Bonchev–Trinajstić information content (AvgIpc) is 2.28. The van der Waals surface area contributed by atoms with E-state index in [0.717, 1.165) is 24.8 Å². The molecule has 0 aromatic heterocycles. The third-order valence-electron chi connectivity index (χ3n) is 2.99. The van der Waals surface area contributed by atoms with E-state index in [9.17, 15) is 9.90 Å². The van der Waals surface area contributed by atoms with Crippen LogP contribution in [-0.2, 0) is 4.79 Å². The third-order valence-corrected chi connectivity index (χ3v) is 2.99. The van der Waals surface area contributed by atoms with Gasteiger partial charge in [-0.3, -0.25) is 4.79 Å². The summed E-state index contributed by atoms with van der Waals surface area (Å²) in [5.74, 6) is 0.715. The van der Waals surface area contributed by atoms with Gasteiger partial charge in [-0.15, -0.1) is 0 Å². The van der Waals surface area contributed by atoms with Crippen molar-refractivity contribution in [2.75, 3.05) is 0 Å². The summed E-state index contributed by atoms with van der Waals surface area (Å²) < 4.78 is 0. The molecular formula is C10H14O2.